The molecule has 13 heteroatoms. The molecule has 0 saturated carbocycles. The van der Waals surface area contributed by atoms with Crippen LogP contribution in [0.15, 0.2) is 54.6 Å². The van der Waals surface area contributed by atoms with E-state index in [1.165, 1.54) is 46.9 Å². The van der Waals surface area contributed by atoms with Crippen LogP contribution < -0.4 is 9.47 Å². The lowest BCUT2D eigenvalue weighted by atomic mass is 10.0. The Balaban J connectivity index is 2.31. The van der Waals surface area contributed by atoms with E-state index in [0.29, 0.717) is 6.07 Å². The van der Waals surface area contributed by atoms with Crippen LogP contribution in [-0.4, -0.2) is 17.7 Å². The van der Waals surface area contributed by atoms with Crippen molar-refractivity contribution in [2.75, 3.05) is 0 Å². The minimum atomic E-state index is -5.15. The lowest BCUT2D eigenvalue weighted by Crippen LogP contribution is -2.18. The van der Waals surface area contributed by atoms with Gasteiger partial charge in [0, 0.05) is 20.3 Å². The SMILES string of the molecule is FC(F)(F)Oc1ccccc1-c1cc(C(F)(F)F)nc(-c2ccccc2OC(F)(F)F)c1I. The van der Waals surface area contributed by atoms with Gasteiger partial charge in [-0.15, -0.1) is 26.3 Å². The minimum Gasteiger partial charge on any atom is -0.405 e. The van der Waals surface area contributed by atoms with Gasteiger partial charge >= 0.3 is 18.9 Å². The van der Waals surface area contributed by atoms with Crippen molar-refractivity contribution >= 4 is 22.6 Å². The van der Waals surface area contributed by atoms with Gasteiger partial charge in [0.25, 0.3) is 0 Å². The minimum absolute atomic E-state index is 0.156. The fourth-order valence-electron chi connectivity index (χ4n) is 2.83. The molecule has 3 nitrogen and oxygen atoms in total. The third kappa shape index (κ3) is 6.21. The lowest BCUT2D eigenvalue weighted by Gasteiger charge is -2.19. The Morgan fingerprint density at radius 1 is 0.636 bits per heavy atom. The number of ether oxygens (including phenoxy) is 2. The van der Waals surface area contributed by atoms with E-state index in [0.717, 1.165) is 24.3 Å². The van der Waals surface area contributed by atoms with Crippen LogP contribution in [0.25, 0.3) is 22.4 Å². The molecule has 0 unspecified atom stereocenters. The van der Waals surface area contributed by atoms with Crippen LogP contribution in [-0.2, 0) is 6.18 Å². The highest BCUT2D eigenvalue weighted by molar-refractivity contribution is 14.1. The van der Waals surface area contributed by atoms with E-state index in [4.69, 9.17) is 0 Å². The predicted octanol–water partition coefficient (Wildman–Crippen LogP) is 7.84. The van der Waals surface area contributed by atoms with Crippen LogP contribution in [0.5, 0.6) is 11.5 Å². The van der Waals surface area contributed by atoms with Crippen molar-refractivity contribution in [3.8, 4) is 33.9 Å². The molecule has 0 spiro atoms. The molecule has 0 aliphatic carbocycles. The summed E-state index contributed by atoms with van der Waals surface area (Å²) in [4.78, 5) is 3.45. The summed E-state index contributed by atoms with van der Waals surface area (Å²) >= 11 is 1.50. The Labute approximate surface area is 193 Å². The van der Waals surface area contributed by atoms with E-state index >= 15 is 0 Å². The number of alkyl halides is 9. The van der Waals surface area contributed by atoms with E-state index in [9.17, 15) is 39.5 Å². The van der Waals surface area contributed by atoms with E-state index in [1.807, 2.05) is 0 Å². The monoisotopic (exact) mass is 593 g/mol. The van der Waals surface area contributed by atoms with E-state index in [1.54, 1.807) is 0 Å². The number of aromatic nitrogens is 1. The van der Waals surface area contributed by atoms with Crippen molar-refractivity contribution in [3.05, 3.63) is 63.9 Å². The molecular formula is C20H9F9INO2. The molecule has 3 aromatic rings. The maximum Gasteiger partial charge on any atom is 0.573 e. The molecular weight excluding hydrogens is 584 g/mol. The number of halogens is 10. The Bertz CT molecular complexity index is 1080. The summed E-state index contributed by atoms with van der Waals surface area (Å²) in [7, 11) is 0. The fourth-order valence-corrected chi connectivity index (χ4v) is 3.69. The fraction of sp³-hybridized carbons (Fsp3) is 0.150. The van der Waals surface area contributed by atoms with Gasteiger partial charge in [-0.3, -0.25) is 0 Å². The molecule has 0 bridgehead atoms. The molecule has 3 rings (SSSR count). The Morgan fingerprint density at radius 2 is 1.09 bits per heavy atom. The molecule has 0 fully saturated rings. The molecule has 1 heterocycles. The first-order valence-electron chi connectivity index (χ1n) is 8.64. The molecule has 2 aromatic carbocycles. The van der Waals surface area contributed by atoms with Gasteiger partial charge in [-0.05, 0) is 46.9 Å². The smallest absolute Gasteiger partial charge is 0.405 e. The Hall–Kier alpha value is -2.71. The van der Waals surface area contributed by atoms with Gasteiger partial charge < -0.3 is 9.47 Å². The molecule has 0 N–H and O–H groups in total. The standard InChI is InChI=1S/C20H9F9INO2/c21-18(22,23)15-9-12(10-5-1-3-7-13(10)32-19(24,25)26)16(30)17(31-15)11-6-2-4-8-14(11)33-20(27,28)29/h1-9H. The van der Waals surface area contributed by atoms with Crippen LogP contribution in [0, 0.1) is 3.57 Å². The zero-order valence-corrected chi connectivity index (χ0v) is 17.9. The second-order valence-electron chi connectivity index (χ2n) is 6.30. The maximum atomic E-state index is 13.6. The molecule has 176 valence electrons. The summed E-state index contributed by atoms with van der Waals surface area (Å²) < 4.78 is 125. The van der Waals surface area contributed by atoms with Crippen LogP contribution in [0.4, 0.5) is 39.5 Å². The van der Waals surface area contributed by atoms with Crippen molar-refractivity contribution in [2.45, 2.75) is 18.9 Å². The molecule has 0 radical (unpaired) electrons. The van der Waals surface area contributed by atoms with Crippen LogP contribution in [0.2, 0.25) is 0 Å². The van der Waals surface area contributed by atoms with Crippen LogP contribution in [0.1, 0.15) is 5.69 Å². The number of nitrogens with zero attached hydrogens (tertiary/aromatic N) is 1. The number of hydrogen-bond acceptors (Lipinski definition) is 3. The van der Waals surface area contributed by atoms with E-state index in [2.05, 4.69) is 14.5 Å². The maximum absolute atomic E-state index is 13.6. The number of pyridine rings is 1. The molecule has 33 heavy (non-hydrogen) atoms. The first kappa shape index (κ1) is 24.9. The first-order chi connectivity index (χ1) is 15.2. The molecule has 0 amide bonds. The van der Waals surface area contributed by atoms with Crippen molar-refractivity contribution in [1.29, 1.82) is 0 Å². The van der Waals surface area contributed by atoms with E-state index < -0.39 is 47.4 Å². The highest BCUT2D eigenvalue weighted by Gasteiger charge is 2.37. The largest absolute Gasteiger partial charge is 0.573 e. The van der Waals surface area contributed by atoms with E-state index in [-0.39, 0.29) is 14.7 Å². The molecule has 0 atom stereocenters. The van der Waals surface area contributed by atoms with Crippen LogP contribution in [0.3, 0.4) is 0 Å². The third-order valence-electron chi connectivity index (χ3n) is 4.02. The van der Waals surface area contributed by atoms with Gasteiger partial charge in [0.15, 0.2) is 0 Å². The highest BCUT2D eigenvalue weighted by atomic mass is 127. The zero-order chi connectivity index (χ0) is 24.6. The number of benzene rings is 2. The average Bonchev–Trinajstić information content (AvgIpc) is 2.66. The Kier molecular flexibility index (Phi) is 6.73. The molecule has 1 aromatic heterocycles. The van der Waals surface area contributed by atoms with Crippen molar-refractivity contribution in [2.24, 2.45) is 0 Å². The van der Waals surface area contributed by atoms with Gasteiger partial charge in [0.1, 0.15) is 17.2 Å². The topological polar surface area (TPSA) is 31.4 Å². The van der Waals surface area contributed by atoms with Crippen molar-refractivity contribution in [1.82, 2.24) is 4.98 Å². The summed E-state index contributed by atoms with van der Waals surface area (Å²) in [6.07, 6.45) is -15.4. The van der Waals surface area contributed by atoms with Crippen molar-refractivity contribution < 1.29 is 49.0 Å². The van der Waals surface area contributed by atoms with Gasteiger partial charge in [0.05, 0.1) is 5.69 Å². The third-order valence-corrected chi connectivity index (χ3v) is 5.11. The van der Waals surface area contributed by atoms with Crippen LogP contribution >= 0.6 is 22.6 Å². The number of rotatable bonds is 4. The predicted molar refractivity (Wildman–Crippen MR) is 106 cm³/mol. The normalized spacial score (nSPS) is 12.5. The second-order valence-corrected chi connectivity index (χ2v) is 7.38. The quantitative estimate of drug-likeness (QED) is 0.228. The summed E-state index contributed by atoms with van der Waals surface area (Å²) in [6, 6.07) is 9.26. The molecule has 0 saturated heterocycles. The molecule has 0 aliphatic heterocycles. The second kappa shape index (κ2) is 8.91. The highest BCUT2D eigenvalue weighted by Crippen LogP contribution is 2.44. The lowest BCUT2D eigenvalue weighted by molar-refractivity contribution is -0.275. The molecule has 0 aliphatic rings. The summed E-state index contributed by atoms with van der Waals surface area (Å²) in [5.41, 5.74) is -3.29. The van der Waals surface area contributed by atoms with Gasteiger partial charge in [-0.25, -0.2) is 4.98 Å². The zero-order valence-electron chi connectivity index (χ0n) is 15.7. The summed E-state index contributed by atoms with van der Waals surface area (Å²) in [5.74, 6) is -1.63. The number of para-hydroxylation sites is 2. The van der Waals surface area contributed by atoms with Crippen molar-refractivity contribution in [3.63, 3.8) is 0 Å². The van der Waals surface area contributed by atoms with Gasteiger partial charge in [0.2, 0.25) is 0 Å². The summed E-state index contributed by atoms with van der Waals surface area (Å²) in [5, 5.41) is 0. The average molecular weight is 593 g/mol. The number of hydrogen-bond donors (Lipinski definition) is 0. The van der Waals surface area contributed by atoms with Gasteiger partial charge in [-0.1, -0.05) is 30.3 Å². The summed E-state index contributed by atoms with van der Waals surface area (Å²) in [6.45, 7) is 0. The Morgan fingerprint density at radius 3 is 1.58 bits per heavy atom. The first-order valence-corrected chi connectivity index (χ1v) is 9.71. The van der Waals surface area contributed by atoms with Gasteiger partial charge in [-0.2, -0.15) is 13.2 Å².